The molecule has 31 heavy (non-hydrogen) atoms. The Labute approximate surface area is 179 Å². The molecule has 4 atom stereocenters. The molecule has 2 bridgehead atoms. The second-order valence-corrected chi connectivity index (χ2v) is 8.80. The predicted molar refractivity (Wildman–Crippen MR) is 118 cm³/mol. The van der Waals surface area contributed by atoms with E-state index in [1.807, 2.05) is 30.3 Å². The maximum Gasteiger partial charge on any atom is 0.244 e. The molecule has 1 saturated heterocycles. The van der Waals surface area contributed by atoms with E-state index in [0.717, 1.165) is 39.7 Å². The summed E-state index contributed by atoms with van der Waals surface area (Å²) in [6.07, 6.45) is 5.00. The summed E-state index contributed by atoms with van der Waals surface area (Å²) in [4.78, 5) is 39.5. The van der Waals surface area contributed by atoms with Gasteiger partial charge in [0.2, 0.25) is 17.7 Å². The normalized spacial score (nSPS) is 26.4. The highest BCUT2D eigenvalue weighted by Crippen LogP contribution is 2.52. The van der Waals surface area contributed by atoms with Gasteiger partial charge in [-0.3, -0.25) is 19.3 Å². The first-order valence-corrected chi connectivity index (χ1v) is 10.9. The second-order valence-electron chi connectivity index (χ2n) is 8.80. The maximum atomic E-state index is 12.8. The van der Waals surface area contributed by atoms with Crippen LogP contribution in [0.1, 0.15) is 13.3 Å². The number of imide groups is 1. The summed E-state index contributed by atoms with van der Waals surface area (Å²) in [5, 5.41) is 5.09. The van der Waals surface area contributed by atoms with Gasteiger partial charge >= 0.3 is 0 Å². The van der Waals surface area contributed by atoms with Crippen LogP contribution in [0.4, 0.5) is 5.69 Å². The SMILES string of the molecule is CCn1c2ccccc2c2cc(NC(=O)CN3C(=O)C4C5C=CC(C5)C4C3=O)ccc21. The van der Waals surface area contributed by atoms with Gasteiger partial charge in [-0.1, -0.05) is 30.4 Å². The third-order valence-electron chi connectivity index (χ3n) is 7.24. The monoisotopic (exact) mass is 413 g/mol. The van der Waals surface area contributed by atoms with Crippen molar-refractivity contribution < 1.29 is 14.4 Å². The standard InChI is InChI=1S/C25H23N3O3/c1-2-27-19-6-4-3-5-17(19)18-12-16(9-10-20(18)27)26-21(29)13-28-24(30)22-14-7-8-15(11-14)23(22)25(28)31/h3-10,12,14-15,22-23H,2,11,13H2,1H3,(H,26,29). The van der Waals surface area contributed by atoms with Crippen LogP contribution in [0.25, 0.3) is 21.8 Å². The molecule has 6 rings (SSSR count). The maximum absolute atomic E-state index is 12.8. The van der Waals surface area contributed by atoms with Crippen LogP contribution in [0, 0.1) is 23.7 Å². The molecule has 2 heterocycles. The zero-order valence-corrected chi connectivity index (χ0v) is 17.2. The number of aryl methyl sites for hydroxylation is 1. The highest BCUT2D eigenvalue weighted by atomic mass is 16.2. The number of likely N-dealkylation sites (tertiary alicyclic amines) is 1. The van der Waals surface area contributed by atoms with Crippen molar-refractivity contribution in [3.05, 3.63) is 54.6 Å². The number of allylic oxidation sites excluding steroid dienone is 2. The van der Waals surface area contributed by atoms with Gasteiger partial charge in [0.25, 0.3) is 0 Å². The van der Waals surface area contributed by atoms with E-state index in [0.29, 0.717) is 5.69 Å². The first-order chi connectivity index (χ1) is 15.1. The van der Waals surface area contributed by atoms with Crippen LogP contribution in [0.3, 0.4) is 0 Å². The van der Waals surface area contributed by atoms with Crippen molar-refractivity contribution in [2.45, 2.75) is 19.9 Å². The molecule has 1 saturated carbocycles. The number of rotatable bonds is 4. The lowest BCUT2D eigenvalue weighted by Gasteiger charge is -2.17. The molecule has 4 unspecified atom stereocenters. The van der Waals surface area contributed by atoms with E-state index in [4.69, 9.17) is 0 Å². The summed E-state index contributed by atoms with van der Waals surface area (Å²) in [6, 6.07) is 14.1. The van der Waals surface area contributed by atoms with Crippen LogP contribution in [0.5, 0.6) is 0 Å². The molecule has 3 amide bonds. The zero-order valence-electron chi connectivity index (χ0n) is 17.2. The lowest BCUT2D eigenvalue weighted by atomic mass is 9.85. The average Bonchev–Trinajstić information content (AvgIpc) is 3.52. The summed E-state index contributed by atoms with van der Waals surface area (Å²) < 4.78 is 2.25. The van der Waals surface area contributed by atoms with Crippen LogP contribution < -0.4 is 5.32 Å². The molecule has 2 fully saturated rings. The van der Waals surface area contributed by atoms with Crippen molar-refractivity contribution in [2.75, 3.05) is 11.9 Å². The number of hydrogen-bond donors (Lipinski definition) is 1. The smallest absolute Gasteiger partial charge is 0.244 e. The summed E-state index contributed by atoms with van der Waals surface area (Å²) >= 11 is 0. The minimum Gasteiger partial charge on any atom is -0.341 e. The van der Waals surface area contributed by atoms with Gasteiger partial charge in [0.1, 0.15) is 6.54 Å². The molecule has 2 aromatic carbocycles. The highest BCUT2D eigenvalue weighted by molar-refractivity contribution is 6.11. The van der Waals surface area contributed by atoms with Gasteiger partial charge in [0.05, 0.1) is 11.8 Å². The van der Waals surface area contributed by atoms with Gasteiger partial charge < -0.3 is 9.88 Å². The number of nitrogens with zero attached hydrogens (tertiary/aromatic N) is 2. The largest absolute Gasteiger partial charge is 0.341 e. The second kappa shape index (κ2) is 6.54. The van der Waals surface area contributed by atoms with Gasteiger partial charge in [0, 0.05) is 34.0 Å². The molecule has 0 spiro atoms. The molecule has 156 valence electrons. The number of fused-ring (bicyclic) bond motifs is 8. The fourth-order valence-electron chi connectivity index (χ4n) is 5.94. The van der Waals surface area contributed by atoms with E-state index in [9.17, 15) is 14.4 Å². The molecule has 3 aliphatic rings. The van der Waals surface area contributed by atoms with E-state index in [1.165, 1.54) is 0 Å². The zero-order chi connectivity index (χ0) is 21.3. The fourth-order valence-corrected chi connectivity index (χ4v) is 5.94. The molecule has 6 nitrogen and oxygen atoms in total. The van der Waals surface area contributed by atoms with Gasteiger partial charge in [-0.05, 0) is 49.4 Å². The topological polar surface area (TPSA) is 71.4 Å². The van der Waals surface area contributed by atoms with Gasteiger partial charge in [-0.2, -0.15) is 0 Å². The summed E-state index contributed by atoms with van der Waals surface area (Å²) in [6.45, 7) is 2.75. The Balaban J connectivity index is 1.24. The average molecular weight is 413 g/mol. The number of hydrogen-bond acceptors (Lipinski definition) is 3. The Hall–Kier alpha value is -3.41. The van der Waals surface area contributed by atoms with Crippen molar-refractivity contribution in [1.82, 2.24) is 9.47 Å². The molecule has 1 aliphatic heterocycles. The van der Waals surface area contributed by atoms with Gasteiger partial charge in [-0.15, -0.1) is 0 Å². The predicted octanol–water partition coefficient (Wildman–Crippen LogP) is 3.56. The number of carbonyl (C=O) groups is 3. The van der Waals surface area contributed by atoms with Gasteiger partial charge in [-0.25, -0.2) is 0 Å². The van der Waals surface area contributed by atoms with Crippen LogP contribution in [0.2, 0.25) is 0 Å². The van der Waals surface area contributed by atoms with Crippen molar-refractivity contribution in [2.24, 2.45) is 23.7 Å². The van der Waals surface area contributed by atoms with Crippen molar-refractivity contribution in [3.63, 3.8) is 0 Å². The van der Waals surface area contributed by atoms with Crippen molar-refractivity contribution in [3.8, 4) is 0 Å². The summed E-state index contributed by atoms with van der Waals surface area (Å²) in [5.41, 5.74) is 2.94. The Morgan fingerprint density at radius 3 is 2.35 bits per heavy atom. The molecule has 2 aliphatic carbocycles. The van der Waals surface area contributed by atoms with E-state index in [2.05, 4.69) is 41.1 Å². The Morgan fingerprint density at radius 1 is 0.968 bits per heavy atom. The van der Waals surface area contributed by atoms with E-state index in [-0.39, 0.29) is 47.9 Å². The van der Waals surface area contributed by atoms with E-state index < -0.39 is 0 Å². The summed E-state index contributed by atoms with van der Waals surface area (Å²) in [7, 11) is 0. The van der Waals surface area contributed by atoms with E-state index >= 15 is 0 Å². The van der Waals surface area contributed by atoms with Crippen LogP contribution >= 0.6 is 0 Å². The molecular formula is C25H23N3O3. The van der Waals surface area contributed by atoms with Crippen molar-refractivity contribution in [1.29, 1.82) is 0 Å². The third-order valence-corrected chi connectivity index (χ3v) is 7.24. The number of carbonyl (C=O) groups excluding carboxylic acids is 3. The number of amides is 3. The van der Waals surface area contributed by atoms with Crippen LogP contribution in [0.15, 0.2) is 54.6 Å². The highest BCUT2D eigenvalue weighted by Gasteiger charge is 2.59. The quantitative estimate of drug-likeness (QED) is 0.525. The minimum absolute atomic E-state index is 0.151. The molecule has 1 N–H and O–H groups in total. The van der Waals surface area contributed by atoms with Crippen LogP contribution in [-0.4, -0.2) is 33.7 Å². The number of benzene rings is 2. The molecule has 0 radical (unpaired) electrons. The van der Waals surface area contributed by atoms with Gasteiger partial charge in [0.15, 0.2) is 0 Å². The number of anilines is 1. The number of aromatic nitrogens is 1. The fraction of sp³-hybridized carbons (Fsp3) is 0.320. The number of nitrogens with one attached hydrogen (secondary N) is 1. The lowest BCUT2D eigenvalue weighted by Crippen LogP contribution is -2.39. The summed E-state index contributed by atoms with van der Waals surface area (Å²) in [5.74, 6) is -0.971. The Kier molecular flexibility index (Phi) is 3.88. The van der Waals surface area contributed by atoms with E-state index in [1.54, 1.807) is 0 Å². The molecule has 3 aromatic rings. The Morgan fingerprint density at radius 2 is 1.65 bits per heavy atom. The third kappa shape index (κ3) is 2.54. The first kappa shape index (κ1) is 18.4. The molecule has 6 heteroatoms. The lowest BCUT2D eigenvalue weighted by molar-refractivity contribution is -0.143. The first-order valence-electron chi connectivity index (χ1n) is 10.9. The minimum atomic E-state index is -0.347. The molecule has 1 aromatic heterocycles. The molecular weight excluding hydrogens is 390 g/mol. The van der Waals surface area contributed by atoms with Crippen molar-refractivity contribution >= 4 is 45.2 Å². The van der Waals surface area contributed by atoms with Crippen LogP contribution in [-0.2, 0) is 20.9 Å². The number of para-hydroxylation sites is 1. The Bertz CT molecular complexity index is 1270.